The van der Waals surface area contributed by atoms with Crippen LogP contribution in [-0.2, 0) is 6.42 Å². The average molecular weight is 289 g/mol. The summed E-state index contributed by atoms with van der Waals surface area (Å²) in [7, 11) is 2.19. The van der Waals surface area contributed by atoms with E-state index in [1.165, 1.54) is 18.4 Å². The predicted molar refractivity (Wildman–Crippen MR) is 89.3 cm³/mol. The second kappa shape index (κ2) is 7.95. The van der Waals surface area contributed by atoms with Crippen LogP contribution >= 0.6 is 0 Å². The number of likely N-dealkylation sites (N-methyl/N-ethyl adjacent to an activating group) is 1. The molecule has 1 fully saturated rings. The van der Waals surface area contributed by atoms with E-state index in [2.05, 4.69) is 56.1 Å². The molecule has 1 aliphatic carbocycles. The number of benzene rings is 1. The molecule has 0 aromatic heterocycles. The third-order valence-corrected chi connectivity index (χ3v) is 5.10. The number of aliphatic hydroxyl groups excluding tert-OH is 1. The molecule has 1 saturated carbocycles. The van der Waals surface area contributed by atoms with Gasteiger partial charge in [0.25, 0.3) is 0 Å². The Balaban J connectivity index is 1.79. The summed E-state index contributed by atoms with van der Waals surface area (Å²) in [5.74, 6) is 1.99. The second-order valence-corrected chi connectivity index (χ2v) is 7.14. The van der Waals surface area contributed by atoms with E-state index >= 15 is 0 Å². The van der Waals surface area contributed by atoms with Crippen molar-refractivity contribution in [2.75, 3.05) is 20.1 Å². The van der Waals surface area contributed by atoms with Crippen molar-refractivity contribution >= 4 is 0 Å². The molecule has 2 nitrogen and oxygen atoms in total. The lowest BCUT2D eigenvalue weighted by atomic mass is 9.74. The fourth-order valence-electron chi connectivity index (χ4n) is 3.54. The Labute approximate surface area is 130 Å². The highest BCUT2D eigenvalue weighted by Crippen LogP contribution is 2.34. The Bertz CT molecular complexity index is 403. The molecule has 3 unspecified atom stereocenters. The van der Waals surface area contributed by atoms with Gasteiger partial charge in [-0.25, -0.2) is 0 Å². The molecule has 1 N–H and O–H groups in total. The Hall–Kier alpha value is -0.860. The van der Waals surface area contributed by atoms with Crippen LogP contribution in [0, 0.1) is 17.8 Å². The van der Waals surface area contributed by atoms with Crippen molar-refractivity contribution in [3.05, 3.63) is 35.9 Å². The maximum Gasteiger partial charge on any atom is 0.0580 e. The molecule has 1 aliphatic rings. The molecule has 0 aliphatic heterocycles. The summed E-state index contributed by atoms with van der Waals surface area (Å²) in [5, 5.41) is 10.3. The summed E-state index contributed by atoms with van der Waals surface area (Å²) >= 11 is 0. The first kappa shape index (κ1) is 16.5. The normalized spacial score (nSPS) is 26.5. The first-order valence-corrected chi connectivity index (χ1v) is 8.46. The van der Waals surface area contributed by atoms with Crippen LogP contribution in [0.2, 0.25) is 0 Å². The first-order chi connectivity index (χ1) is 10.1. The third kappa shape index (κ3) is 5.12. The molecular formula is C19H31NO. The number of aliphatic hydroxyl groups is 1. The molecule has 1 aromatic rings. The number of rotatable bonds is 6. The number of hydrogen-bond acceptors (Lipinski definition) is 2. The molecule has 0 amide bonds. The molecule has 0 radical (unpaired) electrons. The molecule has 0 saturated heterocycles. The minimum absolute atomic E-state index is 0.0980. The molecule has 2 heteroatoms. The maximum absolute atomic E-state index is 10.3. The molecule has 118 valence electrons. The first-order valence-electron chi connectivity index (χ1n) is 8.46. The molecule has 2 rings (SSSR count). The topological polar surface area (TPSA) is 23.5 Å². The van der Waals surface area contributed by atoms with Crippen LogP contribution in [0.5, 0.6) is 0 Å². The number of nitrogens with zero attached hydrogens (tertiary/aromatic N) is 1. The van der Waals surface area contributed by atoms with Crippen LogP contribution in [-0.4, -0.2) is 36.2 Å². The standard InChI is InChI=1S/C19H31NO/c1-15(2)17-9-10-19(21)18(13-17)14-20(3)12-11-16-7-5-4-6-8-16/h4-8,15,17-19,21H,9-14H2,1-3H3. The van der Waals surface area contributed by atoms with Crippen molar-refractivity contribution in [2.45, 2.75) is 45.6 Å². The SMILES string of the molecule is CC(C)C1CCC(O)C(CN(C)CCc2ccccc2)C1. The van der Waals surface area contributed by atoms with Crippen LogP contribution in [0.25, 0.3) is 0 Å². The summed E-state index contributed by atoms with van der Waals surface area (Å²) < 4.78 is 0. The van der Waals surface area contributed by atoms with E-state index in [1.54, 1.807) is 0 Å². The minimum atomic E-state index is -0.0980. The van der Waals surface area contributed by atoms with Crippen molar-refractivity contribution in [1.29, 1.82) is 0 Å². The van der Waals surface area contributed by atoms with Gasteiger partial charge in [0.15, 0.2) is 0 Å². The van der Waals surface area contributed by atoms with Gasteiger partial charge in [0.05, 0.1) is 6.10 Å². The van der Waals surface area contributed by atoms with E-state index in [0.29, 0.717) is 5.92 Å². The highest BCUT2D eigenvalue weighted by Gasteiger charge is 2.31. The third-order valence-electron chi connectivity index (χ3n) is 5.10. The van der Waals surface area contributed by atoms with Crippen molar-refractivity contribution in [3.63, 3.8) is 0 Å². The van der Waals surface area contributed by atoms with Crippen LogP contribution in [0.4, 0.5) is 0 Å². The van der Waals surface area contributed by atoms with Gasteiger partial charge in [-0.3, -0.25) is 0 Å². The fourth-order valence-corrected chi connectivity index (χ4v) is 3.54. The highest BCUT2D eigenvalue weighted by molar-refractivity contribution is 5.14. The van der Waals surface area contributed by atoms with Gasteiger partial charge >= 0.3 is 0 Å². The zero-order valence-electron chi connectivity index (χ0n) is 13.8. The van der Waals surface area contributed by atoms with Crippen molar-refractivity contribution < 1.29 is 5.11 Å². The zero-order chi connectivity index (χ0) is 15.2. The Morgan fingerprint density at radius 2 is 1.90 bits per heavy atom. The van der Waals surface area contributed by atoms with E-state index < -0.39 is 0 Å². The monoisotopic (exact) mass is 289 g/mol. The second-order valence-electron chi connectivity index (χ2n) is 7.14. The molecule has 3 atom stereocenters. The lowest BCUT2D eigenvalue weighted by molar-refractivity contribution is 0.0226. The number of hydrogen-bond donors (Lipinski definition) is 1. The van der Waals surface area contributed by atoms with E-state index in [9.17, 15) is 5.11 Å². The Morgan fingerprint density at radius 1 is 1.19 bits per heavy atom. The summed E-state index contributed by atoms with van der Waals surface area (Å²) in [6.45, 7) is 6.73. The maximum atomic E-state index is 10.3. The molecule has 0 spiro atoms. The lowest BCUT2D eigenvalue weighted by Gasteiger charge is -2.37. The summed E-state index contributed by atoms with van der Waals surface area (Å²) in [6.07, 6.45) is 4.37. The molecule has 21 heavy (non-hydrogen) atoms. The lowest BCUT2D eigenvalue weighted by Crippen LogP contribution is -2.39. The van der Waals surface area contributed by atoms with Crippen LogP contribution in [0.3, 0.4) is 0 Å². The van der Waals surface area contributed by atoms with Crippen LogP contribution < -0.4 is 0 Å². The van der Waals surface area contributed by atoms with Gasteiger partial charge in [0, 0.05) is 13.1 Å². The molecule has 1 aromatic carbocycles. The van der Waals surface area contributed by atoms with Crippen molar-refractivity contribution in [2.24, 2.45) is 17.8 Å². The van der Waals surface area contributed by atoms with Gasteiger partial charge in [-0.1, -0.05) is 44.2 Å². The summed E-state index contributed by atoms with van der Waals surface area (Å²) in [5.41, 5.74) is 1.40. The average Bonchev–Trinajstić information content (AvgIpc) is 2.48. The molecular weight excluding hydrogens is 258 g/mol. The van der Waals surface area contributed by atoms with E-state index in [1.807, 2.05) is 0 Å². The summed E-state index contributed by atoms with van der Waals surface area (Å²) in [6, 6.07) is 10.7. The van der Waals surface area contributed by atoms with Gasteiger partial charge in [-0.15, -0.1) is 0 Å². The van der Waals surface area contributed by atoms with Gasteiger partial charge in [0.1, 0.15) is 0 Å². The van der Waals surface area contributed by atoms with E-state index in [-0.39, 0.29) is 6.10 Å². The smallest absolute Gasteiger partial charge is 0.0580 e. The van der Waals surface area contributed by atoms with E-state index in [0.717, 1.165) is 37.8 Å². The molecule has 0 heterocycles. The molecule has 0 bridgehead atoms. The summed E-state index contributed by atoms with van der Waals surface area (Å²) in [4.78, 5) is 2.39. The zero-order valence-corrected chi connectivity index (χ0v) is 13.8. The Kier molecular flexibility index (Phi) is 6.25. The van der Waals surface area contributed by atoms with Crippen molar-refractivity contribution in [3.8, 4) is 0 Å². The van der Waals surface area contributed by atoms with E-state index in [4.69, 9.17) is 0 Å². The largest absolute Gasteiger partial charge is 0.393 e. The van der Waals surface area contributed by atoms with Crippen LogP contribution in [0.15, 0.2) is 30.3 Å². The predicted octanol–water partition coefficient (Wildman–Crippen LogP) is 3.59. The van der Waals surface area contributed by atoms with Crippen molar-refractivity contribution in [1.82, 2.24) is 4.90 Å². The van der Waals surface area contributed by atoms with Gasteiger partial charge in [0.2, 0.25) is 0 Å². The highest BCUT2D eigenvalue weighted by atomic mass is 16.3. The Morgan fingerprint density at radius 3 is 2.57 bits per heavy atom. The van der Waals surface area contributed by atoms with Crippen LogP contribution in [0.1, 0.15) is 38.7 Å². The fraction of sp³-hybridized carbons (Fsp3) is 0.684. The van der Waals surface area contributed by atoms with Gasteiger partial charge in [-0.2, -0.15) is 0 Å². The van der Waals surface area contributed by atoms with Gasteiger partial charge < -0.3 is 10.0 Å². The quantitative estimate of drug-likeness (QED) is 0.865. The minimum Gasteiger partial charge on any atom is -0.393 e. The van der Waals surface area contributed by atoms with Gasteiger partial charge in [-0.05, 0) is 56.0 Å².